The first-order valence-electron chi connectivity index (χ1n) is 3.15. The Kier molecular flexibility index (Phi) is 2.50. The summed E-state index contributed by atoms with van der Waals surface area (Å²) < 4.78 is 0. The molecule has 64 valence electrons. The zero-order valence-corrected chi connectivity index (χ0v) is 6.75. The van der Waals surface area contributed by atoms with Crippen molar-refractivity contribution >= 4 is 17.6 Å². The van der Waals surface area contributed by atoms with Crippen LogP contribution in [0.2, 0.25) is 5.15 Å². The van der Waals surface area contributed by atoms with Gasteiger partial charge in [-0.25, -0.2) is 4.98 Å². The minimum atomic E-state index is -0.974. The Bertz CT molecular complexity index is 314. The van der Waals surface area contributed by atoms with Crippen molar-refractivity contribution < 1.29 is 15.0 Å². The Labute approximate surface area is 73.4 Å². The maximum absolute atomic E-state index is 10.2. The van der Waals surface area contributed by atoms with E-state index in [0.717, 1.165) is 0 Å². The van der Waals surface area contributed by atoms with Crippen molar-refractivity contribution in [3.63, 3.8) is 0 Å². The smallest absolute Gasteiger partial charge is 0.307 e. The van der Waals surface area contributed by atoms with Crippen LogP contribution in [-0.4, -0.2) is 21.2 Å². The van der Waals surface area contributed by atoms with Crippen LogP contribution < -0.4 is 0 Å². The fourth-order valence-corrected chi connectivity index (χ4v) is 0.853. The maximum Gasteiger partial charge on any atom is 0.307 e. The van der Waals surface area contributed by atoms with Gasteiger partial charge in [-0.1, -0.05) is 11.6 Å². The van der Waals surface area contributed by atoms with Crippen LogP contribution in [0.5, 0.6) is 5.75 Å². The predicted molar refractivity (Wildman–Crippen MR) is 42.3 cm³/mol. The Balaban J connectivity index is 2.89. The molecule has 1 heterocycles. The molecule has 0 aromatic carbocycles. The van der Waals surface area contributed by atoms with Crippen LogP contribution in [0.25, 0.3) is 0 Å². The highest BCUT2D eigenvalue weighted by Gasteiger charge is 2.04. The first-order valence-corrected chi connectivity index (χ1v) is 3.52. The lowest BCUT2D eigenvalue weighted by atomic mass is 10.2. The van der Waals surface area contributed by atoms with Gasteiger partial charge >= 0.3 is 5.97 Å². The summed E-state index contributed by atoms with van der Waals surface area (Å²) in [6.07, 6.45) is 1.15. The van der Waals surface area contributed by atoms with Crippen molar-refractivity contribution in [2.45, 2.75) is 6.42 Å². The van der Waals surface area contributed by atoms with E-state index in [2.05, 4.69) is 4.98 Å². The molecule has 0 saturated carbocycles. The molecule has 12 heavy (non-hydrogen) atoms. The van der Waals surface area contributed by atoms with Gasteiger partial charge < -0.3 is 10.2 Å². The van der Waals surface area contributed by atoms with Crippen LogP contribution in [-0.2, 0) is 11.2 Å². The molecule has 0 bridgehead atoms. The maximum atomic E-state index is 10.2. The fourth-order valence-electron chi connectivity index (χ4n) is 0.749. The standard InChI is InChI=1S/C7H6ClNO3/c8-7-5(10)1-4(3-9-7)2-6(11)12/h1,3,10H,2H2,(H,11,12). The number of carboxylic acid groups (broad SMARTS) is 1. The van der Waals surface area contributed by atoms with E-state index in [1.807, 2.05) is 0 Å². The number of aromatic hydroxyl groups is 1. The first-order chi connectivity index (χ1) is 5.59. The summed E-state index contributed by atoms with van der Waals surface area (Å²) in [6, 6.07) is 1.28. The van der Waals surface area contributed by atoms with Gasteiger partial charge in [0.25, 0.3) is 0 Å². The molecule has 1 rings (SSSR count). The van der Waals surface area contributed by atoms with Gasteiger partial charge in [-0.05, 0) is 11.6 Å². The lowest BCUT2D eigenvalue weighted by Gasteiger charge is -1.98. The first kappa shape index (κ1) is 8.80. The van der Waals surface area contributed by atoms with Crippen LogP contribution >= 0.6 is 11.6 Å². The second kappa shape index (κ2) is 3.40. The highest BCUT2D eigenvalue weighted by molar-refractivity contribution is 6.30. The number of nitrogens with zero attached hydrogens (tertiary/aromatic N) is 1. The van der Waals surface area contributed by atoms with Crippen LogP contribution in [0.1, 0.15) is 5.56 Å². The summed E-state index contributed by atoms with van der Waals surface area (Å²) in [6.45, 7) is 0. The van der Waals surface area contributed by atoms with E-state index >= 15 is 0 Å². The van der Waals surface area contributed by atoms with Crippen molar-refractivity contribution in [1.82, 2.24) is 4.98 Å². The normalized spacial score (nSPS) is 9.75. The number of hydrogen-bond donors (Lipinski definition) is 2. The van der Waals surface area contributed by atoms with E-state index in [1.54, 1.807) is 0 Å². The van der Waals surface area contributed by atoms with Gasteiger partial charge in [0, 0.05) is 6.20 Å². The third kappa shape index (κ3) is 2.10. The Morgan fingerprint density at radius 2 is 2.33 bits per heavy atom. The van der Waals surface area contributed by atoms with Crippen molar-refractivity contribution in [2.24, 2.45) is 0 Å². The number of rotatable bonds is 2. The van der Waals surface area contributed by atoms with E-state index in [4.69, 9.17) is 21.8 Å². The van der Waals surface area contributed by atoms with E-state index in [0.29, 0.717) is 5.56 Å². The average molecular weight is 188 g/mol. The van der Waals surface area contributed by atoms with E-state index in [-0.39, 0.29) is 17.3 Å². The highest BCUT2D eigenvalue weighted by Crippen LogP contribution is 2.20. The van der Waals surface area contributed by atoms with Gasteiger partial charge in [-0.2, -0.15) is 0 Å². The van der Waals surface area contributed by atoms with Gasteiger partial charge in [0.1, 0.15) is 0 Å². The molecule has 0 amide bonds. The molecule has 1 aromatic heterocycles. The molecule has 4 nitrogen and oxygen atoms in total. The average Bonchev–Trinajstić information content (AvgIpc) is 1.96. The van der Waals surface area contributed by atoms with Gasteiger partial charge in [0.2, 0.25) is 0 Å². The number of pyridine rings is 1. The summed E-state index contributed by atoms with van der Waals surface area (Å²) in [7, 11) is 0. The summed E-state index contributed by atoms with van der Waals surface area (Å²) >= 11 is 5.41. The largest absolute Gasteiger partial charge is 0.505 e. The number of aromatic nitrogens is 1. The van der Waals surface area contributed by atoms with Gasteiger partial charge in [-0.3, -0.25) is 4.79 Å². The van der Waals surface area contributed by atoms with Crippen molar-refractivity contribution in [3.8, 4) is 5.75 Å². The number of carboxylic acids is 1. The summed E-state index contributed by atoms with van der Waals surface area (Å²) in [5.41, 5.74) is 0.421. The number of carbonyl (C=O) groups is 1. The van der Waals surface area contributed by atoms with E-state index in [1.165, 1.54) is 12.3 Å². The minimum Gasteiger partial charge on any atom is -0.505 e. The molecule has 0 aliphatic rings. The molecular weight excluding hydrogens is 182 g/mol. The molecular formula is C7H6ClNO3. The third-order valence-electron chi connectivity index (χ3n) is 1.23. The highest BCUT2D eigenvalue weighted by atomic mass is 35.5. The minimum absolute atomic E-state index is 0.0239. The summed E-state index contributed by atoms with van der Waals surface area (Å²) in [4.78, 5) is 13.8. The SMILES string of the molecule is O=C(O)Cc1cnc(Cl)c(O)c1. The van der Waals surface area contributed by atoms with Crippen LogP contribution in [0, 0.1) is 0 Å². The Morgan fingerprint density at radius 1 is 1.67 bits per heavy atom. The fraction of sp³-hybridized carbons (Fsp3) is 0.143. The number of hydrogen-bond acceptors (Lipinski definition) is 3. The molecule has 0 unspecified atom stereocenters. The number of aliphatic carboxylic acids is 1. The molecule has 0 atom stereocenters. The van der Waals surface area contributed by atoms with Crippen LogP contribution in [0.3, 0.4) is 0 Å². The lowest BCUT2D eigenvalue weighted by molar-refractivity contribution is -0.136. The molecule has 0 saturated heterocycles. The monoisotopic (exact) mass is 187 g/mol. The summed E-state index contributed by atoms with van der Waals surface area (Å²) in [5.74, 6) is -1.17. The van der Waals surface area contributed by atoms with Crippen molar-refractivity contribution in [2.75, 3.05) is 0 Å². The number of halogens is 1. The van der Waals surface area contributed by atoms with Crippen molar-refractivity contribution in [1.29, 1.82) is 0 Å². The predicted octanol–water partition coefficient (Wildman–Crippen LogP) is 1.07. The molecule has 0 radical (unpaired) electrons. The molecule has 1 aromatic rings. The zero-order valence-electron chi connectivity index (χ0n) is 5.99. The third-order valence-corrected chi connectivity index (χ3v) is 1.52. The molecule has 5 heteroatoms. The second-order valence-electron chi connectivity index (χ2n) is 2.22. The lowest BCUT2D eigenvalue weighted by Crippen LogP contribution is -2.00. The molecule has 0 aliphatic carbocycles. The van der Waals surface area contributed by atoms with E-state index in [9.17, 15) is 4.79 Å². The molecule has 0 spiro atoms. The molecule has 2 N–H and O–H groups in total. The molecule has 0 fully saturated rings. The van der Waals surface area contributed by atoms with Crippen LogP contribution in [0.4, 0.5) is 0 Å². The van der Waals surface area contributed by atoms with Gasteiger partial charge in [0.05, 0.1) is 6.42 Å². The zero-order chi connectivity index (χ0) is 9.14. The quantitative estimate of drug-likeness (QED) is 0.680. The van der Waals surface area contributed by atoms with Crippen LogP contribution in [0.15, 0.2) is 12.3 Å². The Morgan fingerprint density at radius 3 is 2.83 bits per heavy atom. The Hall–Kier alpha value is -1.29. The topological polar surface area (TPSA) is 70.4 Å². The van der Waals surface area contributed by atoms with Crippen molar-refractivity contribution in [3.05, 3.63) is 23.0 Å². The molecule has 0 aliphatic heterocycles. The van der Waals surface area contributed by atoms with E-state index < -0.39 is 5.97 Å². The summed E-state index contributed by atoms with van der Waals surface area (Å²) in [5, 5.41) is 17.4. The second-order valence-corrected chi connectivity index (χ2v) is 2.58. The van der Waals surface area contributed by atoms with Gasteiger partial charge in [0.15, 0.2) is 10.9 Å². The van der Waals surface area contributed by atoms with Gasteiger partial charge in [-0.15, -0.1) is 0 Å².